The normalized spacial score (nSPS) is 10.9. The third-order valence-corrected chi connectivity index (χ3v) is 5.02. The van der Waals surface area contributed by atoms with Crippen molar-refractivity contribution in [3.8, 4) is 22.8 Å². The molecule has 0 aliphatic heterocycles. The Morgan fingerprint density at radius 2 is 1.67 bits per heavy atom. The molecule has 1 N–H and O–H groups in total. The first-order valence-corrected chi connectivity index (χ1v) is 10.4. The minimum atomic E-state index is -3.07. The molecule has 9 nitrogen and oxygen atoms in total. The summed E-state index contributed by atoms with van der Waals surface area (Å²) in [5.41, 5.74) is -2.57. The van der Waals surface area contributed by atoms with Gasteiger partial charge in [0.15, 0.2) is 0 Å². The summed E-state index contributed by atoms with van der Waals surface area (Å²) in [4.78, 5) is 38.0. The number of anilines is 1. The van der Waals surface area contributed by atoms with Gasteiger partial charge >= 0.3 is 12.6 Å². The zero-order chi connectivity index (χ0) is 26.6. The zero-order valence-corrected chi connectivity index (χ0v) is 19.3. The minimum absolute atomic E-state index is 0.0292. The van der Waals surface area contributed by atoms with Crippen LogP contribution in [0.15, 0.2) is 41.2 Å². The molecule has 0 unspecified atom stereocenters. The molecule has 2 aromatic carbocycles. The van der Waals surface area contributed by atoms with Crippen LogP contribution in [0.5, 0.6) is 11.5 Å². The Kier molecular flexibility index (Phi) is 8.02. The summed E-state index contributed by atoms with van der Waals surface area (Å²) in [6.07, 6.45) is 0. The van der Waals surface area contributed by atoms with Crippen molar-refractivity contribution >= 4 is 17.6 Å². The van der Waals surface area contributed by atoms with E-state index in [1.807, 2.05) is 0 Å². The number of benzene rings is 2. The highest BCUT2D eigenvalue weighted by Gasteiger charge is 2.28. The lowest BCUT2D eigenvalue weighted by Gasteiger charge is -2.13. The average Bonchev–Trinajstić information content (AvgIpc) is 3.03. The number of hydrogen-bond acceptors (Lipinski definition) is 6. The van der Waals surface area contributed by atoms with E-state index in [0.29, 0.717) is 0 Å². The van der Waals surface area contributed by atoms with Crippen molar-refractivity contribution < 1.29 is 41.4 Å². The standard InChI is InChI=1S/C23H21F4N3O6/c1-4-35-17(31)11-30-22(33)19(28-21(32)12-5-7-13(8-6-12)36-23(26)27)20(29(30)2)18-15(24)9-14(34-3)10-16(18)25/h5-10,23H,4,11H2,1-3H3,(H,28,32). The summed E-state index contributed by atoms with van der Waals surface area (Å²) >= 11 is 0. The fourth-order valence-electron chi connectivity index (χ4n) is 3.42. The van der Waals surface area contributed by atoms with E-state index >= 15 is 0 Å². The second kappa shape index (κ2) is 11.0. The Balaban J connectivity index is 2.11. The fraction of sp³-hybridized carbons (Fsp3) is 0.261. The third-order valence-electron chi connectivity index (χ3n) is 5.02. The molecule has 0 spiro atoms. The van der Waals surface area contributed by atoms with Crippen molar-refractivity contribution in [3.05, 3.63) is 63.9 Å². The van der Waals surface area contributed by atoms with Gasteiger partial charge in [0.2, 0.25) is 0 Å². The molecule has 0 radical (unpaired) electrons. The number of nitrogens with zero attached hydrogens (tertiary/aromatic N) is 2. The van der Waals surface area contributed by atoms with E-state index in [0.717, 1.165) is 45.8 Å². The first kappa shape index (κ1) is 26.3. The van der Waals surface area contributed by atoms with Gasteiger partial charge in [-0.25, -0.2) is 13.5 Å². The molecule has 36 heavy (non-hydrogen) atoms. The molecule has 1 heterocycles. The van der Waals surface area contributed by atoms with Gasteiger partial charge in [0.25, 0.3) is 11.5 Å². The number of carbonyl (C=O) groups excluding carboxylic acids is 2. The Morgan fingerprint density at radius 3 is 2.19 bits per heavy atom. The largest absolute Gasteiger partial charge is 0.497 e. The van der Waals surface area contributed by atoms with Gasteiger partial charge in [-0.15, -0.1) is 0 Å². The number of amides is 1. The van der Waals surface area contributed by atoms with Crippen molar-refractivity contribution in [1.82, 2.24) is 9.36 Å². The number of methoxy groups -OCH3 is 1. The lowest BCUT2D eigenvalue weighted by Crippen LogP contribution is -2.28. The van der Waals surface area contributed by atoms with E-state index in [1.165, 1.54) is 14.2 Å². The maximum absolute atomic E-state index is 15.0. The van der Waals surface area contributed by atoms with Gasteiger partial charge in [-0.2, -0.15) is 8.78 Å². The van der Waals surface area contributed by atoms with Crippen LogP contribution in [-0.2, 0) is 23.1 Å². The van der Waals surface area contributed by atoms with Gasteiger partial charge in [0.1, 0.15) is 35.4 Å². The highest BCUT2D eigenvalue weighted by atomic mass is 19.3. The van der Waals surface area contributed by atoms with Crippen LogP contribution in [-0.4, -0.2) is 41.6 Å². The predicted molar refractivity (Wildman–Crippen MR) is 119 cm³/mol. The molecule has 3 rings (SSSR count). The van der Waals surface area contributed by atoms with Crippen LogP contribution in [0.25, 0.3) is 11.3 Å². The van der Waals surface area contributed by atoms with Gasteiger partial charge in [0.05, 0.1) is 25.0 Å². The summed E-state index contributed by atoms with van der Waals surface area (Å²) in [5.74, 6) is -4.21. The van der Waals surface area contributed by atoms with Crippen LogP contribution in [0.1, 0.15) is 17.3 Å². The summed E-state index contributed by atoms with van der Waals surface area (Å²) < 4.78 is 70.4. The molecule has 192 valence electrons. The van der Waals surface area contributed by atoms with Crippen molar-refractivity contribution in [2.24, 2.45) is 7.05 Å². The summed E-state index contributed by atoms with van der Waals surface area (Å²) in [6.45, 7) is -2.08. The van der Waals surface area contributed by atoms with Crippen LogP contribution >= 0.6 is 0 Å². The van der Waals surface area contributed by atoms with Crippen molar-refractivity contribution in [1.29, 1.82) is 0 Å². The summed E-state index contributed by atoms with van der Waals surface area (Å²) in [7, 11) is 2.48. The second-order valence-electron chi connectivity index (χ2n) is 7.24. The van der Waals surface area contributed by atoms with E-state index in [4.69, 9.17) is 9.47 Å². The van der Waals surface area contributed by atoms with Crippen molar-refractivity contribution in [2.45, 2.75) is 20.1 Å². The molecule has 1 aromatic heterocycles. The second-order valence-corrected chi connectivity index (χ2v) is 7.24. The maximum Gasteiger partial charge on any atom is 0.387 e. The van der Waals surface area contributed by atoms with Crippen molar-refractivity contribution in [2.75, 3.05) is 19.0 Å². The smallest absolute Gasteiger partial charge is 0.387 e. The Labute approximate surface area is 201 Å². The van der Waals surface area contributed by atoms with Crippen molar-refractivity contribution in [3.63, 3.8) is 0 Å². The van der Waals surface area contributed by atoms with E-state index < -0.39 is 53.5 Å². The first-order valence-electron chi connectivity index (χ1n) is 10.4. The number of rotatable bonds is 9. The van der Waals surface area contributed by atoms with Crippen LogP contribution in [0, 0.1) is 11.6 Å². The van der Waals surface area contributed by atoms with E-state index in [-0.39, 0.29) is 29.4 Å². The topological polar surface area (TPSA) is 101 Å². The number of esters is 1. The van der Waals surface area contributed by atoms with Gasteiger partial charge in [0, 0.05) is 24.7 Å². The fourth-order valence-corrected chi connectivity index (χ4v) is 3.42. The predicted octanol–water partition coefficient (Wildman–Crippen LogP) is 3.56. The van der Waals surface area contributed by atoms with Crippen LogP contribution in [0.4, 0.5) is 23.2 Å². The molecule has 13 heteroatoms. The highest BCUT2D eigenvalue weighted by Crippen LogP contribution is 2.33. The Bertz CT molecular complexity index is 1310. The van der Waals surface area contributed by atoms with E-state index in [9.17, 15) is 31.9 Å². The number of carbonyl (C=O) groups is 2. The molecule has 0 fully saturated rings. The molecule has 0 saturated heterocycles. The highest BCUT2D eigenvalue weighted by molar-refractivity contribution is 6.06. The molecular formula is C23H21F4N3O6. The van der Waals surface area contributed by atoms with Crippen LogP contribution in [0.2, 0.25) is 0 Å². The molecular weight excluding hydrogens is 490 g/mol. The number of hydrogen-bond donors (Lipinski definition) is 1. The lowest BCUT2D eigenvalue weighted by atomic mass is 10.1. The Hall–Kier alpha value is -4.29. The summed E-state index contributed by atoms with van der Waals surface area (Å²) in [5, 5.41) is 2.30. The summed E-state index contributed by atoms with van der Waals surface area (Å²) in [6, 6.07) is 6.30. The van der Waals surface area contributed by atoms with Gasteiger partial charge in [-0.1, -0.05) is 0 Å². The SMILES string of the molecule is CCOC(=O)Cn1c(=O)c(NC(=O)c2ccc(OC(F)F)cc2)c(-c2c(F)cc(OC)cc2F)n1C. The molecule has 0 saturated carbocycles. The number of aromatic nitrogens is 2. The van der Waals surface area contributed by atoms with Gasteiger partial charge in [-0.3, -0.25) is 19.1 Å². The Morgan fingerprint density at radius 1 is 1.06 bits per heavy atom. The average molecular weight is 511 g/mol. The molecule has 0 atom stereocenters. The number of ether oxygens (including phenoxy) is 3. The van der Waals surface area contributed by atoms with Gasteiger partial charge in [-0.05, 0) is 31.2 Å². The lowest BCUT2D eigenvalue weighted by molar-refractivity contribution is -0.144. The van der Waals surface area contributed by atoms with E-state index in [1.54, 1.807) is 6.92 Å². The molecule has 1 amide bonds. The molecule has 0 aliphatic carbocycles. The minimum Gasteiger partial charge on any atom is -0.497 e. The molecule has 0 bridgehead atoms. The molecule has 3 aromatic rings. The maximum atomic E-state index is 15.0. The molecule has 0 aliphatic rings. The third kappa shape index (κ3) is 5.50. The number of alkyl halides is 2. The van der Waals surface area contributed by atoms with Gasteiger partial charge < -0.3 is 19.5 Å². The monoisotopic (exact) mass is 511 g/mol. The first-order chi connectivity index (χ1) is 17.1. The van der Waals surface area contributed by atoms with Crippen LogP contribution < -0.4 is 20.3 Å². The number of nitrogens with one attached hydrogen (secondary N) is 1. The van der Waals surface area contributed by atoms with Crippen LogP contribution in [0.3, 0.4) is 0 Å². The zero-order valence-electron chi connectivity index (χ0n) is 19.3. The quantitative estimate of drug-likeness (QED) is 0.348. The number of halogens is 4. The van der Waals surface area contributed by atoms with E-state index in [2.05, 4.69) is 10.1 Å².